The maximum absolute atomic E-state index is 14.1. The zero-order valence-electron chi connectivity index (χ0n) is 24.4. The van der Waals surface area contributed by atoms with Gasteiger partial charge in [-0.25, -0.2) is 9.59 Å². The second-order valence-electron chi connectivity index (χ2n) is 11.9. The molecule has 0 bridgehead atoms. The molecule has 8 nitrogen and oxygen atoms in total. The van der Waals surface area contributed by atoms with Crippen LogP contribution in [-0.2, 0) is 14.3 Å². The van der Waals surface area contributed by atoms with Gasteiger partial charge in [0.25, 0.3) is 0 Å². The Morgan fingerprint density at radius 2 is 1.48 bits per heavy atom. The third kappa shape index (κ3) is 7.81. The predicted octanol–water partition coefficient (Wildman–Crippen LogP) is 5.46. The molecule has 2 aromatic carbocycles. The number of hydrogen-bond acceptors (Lipinski definition) is 7. The van der Waals surface area contributed by atoms with Crippen LogP contribution in [0.25, 0.3) is 0 Å². The van der Waals surface area contributed by atoms with Gasteiger partial charge in [-0.15, -0.1) is 0 Å². The second-order valence-corrected chi connectivity index (χ2v) is 11.9. The molecule has 2 fully saturated rings. The van der Waals surface area contributed by atoms with Crippen molar-refractivity contribution in [2.75, 3.05) is 43.0 Å². The van der Waals surface area contributed by atoms with Gasteiger partial charge < -0.3 is 24.2 Å². The van der Waals surface area contributed by atoms with Crippen molar-refractivity contribution in [1.29, 1.82) is 0 Å². The molecule has 0 atom stereocenters. The van der Waals surface area contributed by atoms with Gasteiger partial charge in [0.1, 0.15) is 11.7 Å². The van der Waals surface area contributed by atoms with Crippen molar-refractivity contribution in [2.45, 2.75) is 70.4 Å². The lowest BCUT2D eigenvalue weighted by molar-refractivity contribution is -0.171. The summed E-state index contributed by atoms with van der Waals surface area (Å²) < 4.78 is 53.4. The summed E-state index contributed by atoms with van der Waals surface area (Å²) >= 11 is 0. The van der Waals surface area contributed by atoms with Crippen molar-refractivity contribution in [3.63, 3.8) is 0 Å². The van der Waals surface area contributed by atoms with Crippen LogP contribution in [-0.4, -0.2) is 79.9 Å². The first-order valence-electron chi connectivity index (χ1n) is 14.2. The zero-order chi connectivity index (χ0) is 30.7. The summed E-state index contributed by atoms with van der Waals surface area (Å²) in [5.74, 6) is -3.37. The maximum atomic E-state index is 14.1. The van der Waals surface area contributed by atoms with E-state index in [1.165, 1.54) is 12.1 Å². The van der Waals surface area contributed by atoms with Crippen LogP contribution in [0.3, 0.4) is 0 Å². The summed E-state index contributed by atoms with van der Waals surface area (Å²) in [6.07, 6.45) is -4.83. The topological polar surface area (TPSA) is 79.4 Å². The Morgan fingerprint density at radius 3 is 2.05 bits per heavy atom. The Kier molecular flexibility index (Phi) is 9.50. The highest BCUT2D eigenvalue weighted by atomic mass is 19.4. The molecule has 0 spiro atoms. The number of carbonyl (C=O) groups excluding carboxylic acids is 3. The van der Waals surface area contributed by atoms with Gasteiger partial charge in [0.2, 0.25) is 0 Å². The highest BCUT2D eigenvalue weighted by Crippen LogP contribution is 2.37. The van der Waals surface area contributed by atoms with E-state index in [1.807, 2.05) is 11.9 Å². The first-order chi connectivity index (χ1) is 19.7. The number of carbonyl (C=O) groups is 3. The Labute approximate surface area is 244 Å². The fraction of sp³-hybridized carbons (Fsp3) is 0.516. The minimum Gasteiger partial charge on any atom is -0.459 e. The Bertz CT molecular complexity index is 1260. The van der Waals surface area contributed by atoms with E-state index in [0.717, 1.165) is 13.1 Å². The largest absolute Gasteiger partial charge is 0.471 e. The van der Waals surface area contributed by atoms with Crippen molar-refractivity contribution < 1.29 is 37.0 Å². The van der Waals surface area contributed by atoms with Crippen molar-refractivity contribution in [1.82, 2.24) is 4.90 Å². The normalized spacial score (nSPS) is 20.1. The van der Waals surface area contributed by atoms with Gasteiger partial charge in [-0.1, -0.05) is 18.2 Å². The Hall–Kier alpha value is -3.60. The average molecular weight is 590 g/mol. The Morgan fingerprint density at radius 1 is 0.857 bits per heavy atom. The molecule has 4 rings (SSSR count). The first-order valence-corrected chi connectivity index (χ1v) is 14.2. The molecule has 1 saturated heterocycles. The molecule has 228 valence electrons. The maximum Gasteiger partial charge on any atom is 0.471 e. The lowest BCUT2D eigenvalue weighted by Crippen LogP contribution is -2.50. The van der Waals surface area contributed by atoms with Crippen LogP contribution < -0.4 is 9.80 Å². The highest BCUT2D eigenvalue weighted by molar-refractivity contribution is 6.05. The quantitative estimate of drug-likeness (QED) is 0.414. The number of likely N-dealkylation sites (N-methyl/N-ethyl adjacent to an activating group) is 1. The van der Waals surface area contributed by atoms with Crippen LogP contribution in [0.2, 0.25) is 0 Å². The van der Waals surface area contributed by atoms with Crippen molar-refractivity contribution >= 4 is 29.2 Å². The number of piperazine rings is 1. The third-order valence-corrected chi connectivity index (χ3v) is 7.48. The minimum atomic E-state index is -5.17. The second kappa shape index (κ2) is 12.7. The molecule has 1 saturated carbocycles. The minimum absolute atomic E-state index is 0.113. The van der Waals surface area contributed by atoms with E-state index in [0.29, 0.717) is 29.2 Å². The number of amides is 1. The van der Waals surface area contributed by atoms with Crippen LogP contribution >= 0.6 is 0 Å². The molecular formula is C31H38F3N3O5. The summed E-state index contributed by atoms with van der Waals surface area (Å²) in [5, 5.41) is 0. The molecule has 0 radical (unpaired) electrons. The molecule has 0 unspecified atom stereocenters. The number of anilines is 2. The molecule has 42 heavy (non-hydrogen) atoms. The highest BCUT2D eigenvalue weighted by Gasteiger charge is 2.47. The van der Waals surface area contributed by atoms with Crippen LogP contribution in [0.4, 0.5) is 24.5 Å². The third-order valence-electron chi connectivity index (χ3n) is 7.48. The van der Waals surface area contributed by atoms with Crippen molar-refractivity contribution in [2.24, 2.45) is 0 Å². The number of ether oxygens (including phenoxy) is 2. The lowest BCUT2D eigenvalue weighted by Gasteiger charge is -2.39. The number of benzene rings is 2. The molecule has 1 amide bonds. The number of halogens is 3. The summed E-state index contributed by atoms with van der Waals surface area (Å²) in [5.41, 5.74) is -0.137. The molecule has 2 aliphatic rings. The molecule has 0 N–H and O–H groups in total. The standard InChI is InChI=1S/C31H38F3N3O5/c1-30(2,3)42-28(39)25-15-12-23(36-18-16-35(4)17-19-36)20-26(25)37(29(40)31(32,33)34)22-10-13-24(14-11-22)41-27(38)21-8-6-5-7-9-21/h5-9,12,15,20,22,24H,10-11,13-14,16-19H2,1-4H3/t22-,24+. The number of alkyl halides is 3. The fourth-order valence-corrected chi connectivity index (χ4v) is 5.31. The monoisotopic (exact) mass is 589 g/mol. The van der Waals surface area contributed by atoms with E-state index < -0.39 is 41.8 Å². The Balaban J connectivity index is 1.65. The van der Waals surface area contributed by atoms with E-state index in [-0.39, 0.29) is 36.9 Å². The molecule has 1 aliphatic carbocycles. The lowest BCUT2D eigenvalue weighted by atomic mass is 9.90. The van der Waals surface area contributed by atoms with E-state index in [2.05, 4.69) is 4.90 Å². The molecule has 0 aromatic heterocycles. The predicted molar refractivity (Wildman–Crippen MR) is 153 cm³/mol. The van der Waals surface area contributed by atoms with E-state index in [9.17, 15) is 27.6 Å². The molecule has 2 aromatic rings. The van der Waals surface area contributed by atoms with Crippen molar-refractivity contribution in [3.8, 4) is 0 Å². The van der Waals surface area contributed by atoms with Gasteiger partial charge in [0.15, 0.2) is 0 Å². The van der Waals surface area contributed by atoms with Crippen LogP contribution in [0, 0.1) is 0 Å². The van der Waals surface area contributed by atoms with Gasteiger partial charge in [-0.05, 0) is 83.8 Å². The summed E-state index contributed by atoms with van der Waals surface area (Å²) in [4.78, 5) is 43.7. The van der Waals surface area contributed by atoms with E-state index >= 15 is 0 Å². The number of rotatable bonds is 6. The van der Waals surface area contributed by atoms with Crippen LogP contribution in [0.15, 0.2) is 48.5 Å². The SMILES string of the molecule is CN1CCN(c2ccc(C(=O)OC(C)(C)C)c(N(C(=O)C(F)(F)F)[C@H]3CC[C@@H](OC(=O)c4ccccc4)CC3)c2)CC1. The summed E-state index contributed by atoms with van der Waals surface area (Å²) in [6, 6.07) is 12.2. The number of esters is 2. The zero-order valence-corrected chi connectivity index (χ0v) is 24.4. The van der Waals surface area contributed by atoms with Gasteiger partial charge in [0, 0.05) is 37.9 Å². The molecular weight excluding hydrogens is 551 g/mol. The van der Waals surface area contributed by atoms with E-state index in [4.69, 9.17) is 9.47 Å². The number of nitrogens with zero attached hydrogens (tertiary/aromatic N) is 3. The molecule has 1 heterocycles. The summed E-state index contributed by atoms with van der Waals surface area (Å²) in [7, 11) is 1.99. The van der Waals surface area contributed by atoms with E-state index in [1.54, 1.807) is 57.2 Å². The van der Waals surface area contributed by atoms with Gasteiger partial charge in [0.05, 0.1) is 16.8 Å². The van der Waals surface area contributed by atoms with Crippen molar-refractivity contribution in [3.05, 3.63) is 59.7 Å². The average Bonchev–Trinajstić information content (AvgIpc) is 2.93. The van der Waals surface area contributed by atoms with Gasteiger partial charge >= 0.3 is 24.0 Å². The van der Waals surface area contributed by atoms with Crippen LogP contribution in [0.5, 0.6) is 0 Å². The number of hydrogen-bond donors (Lipinski definition) is 0. The smallest absolute Gasteiger partial charge is 0.459 e. The molecule has 11 heteroatoms. The van der Waals surface area contributed by atoms with Gasteiger partial charge in [-0.3, -0.25) is 4.79 Å². The summed E-state index contributed by atoms with van der Waals surface area (Å²) in [6.45, 7) is 7.82. The molecule has 1 aliphatic heterocycles. The van der Waals surface area contributed by atoms with Crippen LogP contribution in [0.1, 0.15) is 67.2 Å². The van der Waals surface area contributed by atoms with Gasteiger partial charge in [-0.2, -0.15) is 13.2 Å². The first kappa shape index (κ1) is 31.3. The fourth-order valence-electron chi connectivity index (χ4n) is 5.31.